The summed E-state index contributed by atoms with van der Waals surface area (Å²) in [6.07, 6.45) is 2.56. The van der Waals surface area contributed by atoms with Gasteiger partial charge in [-0.05, 0) is 18.6 Å². The summed E-state index contributed by atoms with van der Waals surface area (Å²) in [6, 6.07) is 10.1. The van der Waals surface area contributed by atoms with Crippen LogP contribution < -0.4 is 10.6 Å². The van der Waals surface area contributed by atoms with Crippen LogP contribution in [0.2, 0.25) is 0 Å². The van der Waals surface area contributed by atoms with E-state index in [1.54, 1.807) is 6.33 Å². The first kappa shape index (κ1) is 9.15. The van der Waals surface area contributed by atoms with Gasteiger partial charge in [0.2, 0.25) is 0 Å². The van der Waals surface area contributed by atoms with Crippen LogP contribution in [0.3, 0.4) is 0 Å². The Labute approximate surface area is 93.8 Å². The fourth-order valence-electron chi connectivity index (χ4n) is 1.87. The number of hydrogen-bond acceptors (Lipinski definition) is 4. The Kier molecular flexibility index (Phi) is 2.18. The highest BCUT2D eigenvalue weighted by Crippen LogP contribution is 2.26. The maximum Gasteiger partial charge on any atom is 0.139 e. The second-order valence-electron chi connectivity index (χ2n) is 3.72. The molecule has 1 aliphatic rings. The number of fused-ring (bicyclic) bond motifs is 1. The van der Waals surface area contributed by atoms with E-state index in [0.29, 0.717) is 0 Å². The summed E-state index contributed by atoms with van der Waals surface area (Å²) in [5, 5.41) is 6.55. The Hall–Kier alpha value is -2.10. The van der Waals surface area contributed by atoms with Gasteiger partial charge in [-0.15, -0.1) is 0 Å². The van der Waals surface area contributed by atoms with Crippen molar-refractivity contribution in [2.75, 3.05) is 17.2 Å². The summed E-state index contributed by atoms with van der Waals surface area (Å²) in [5.74, 6) is 1.86. The molecule has 0 spiro atoms. The minimum atomic E-state index is 0.904. The first-order chi connectivity index (χ1) is 7.93. The lowest BCUT2D eigenvalue weighted by Gasteiger charge is -2.08. The summed E-state index contributed by atoms with van der Waals surface area (Å²) < 4.78 is 0. The number of nitrogens with zero attached hydrogens (tertiary/aromatic N) is 2. The number of rotatable bonds is 2. The summed E-state index contributed by atoms with van der Waals surface area (Å²) in [7, 11) is 0. The zero-order valence-electron chi connectivity index (χ0n) is 8.77. The average Bonchev–Trinajstić information content (AvgIpc) is 2.80. The van der Waals surface area contributed by atoms with E-state index in [9.17, 15) is 0 Å². The van der Waals surface area contributed by atoms with Crippen LogP contribution in [-0.4, -0.2) is 16.5 Å². The van der Waals surface area contributed by atoms with Crippen molar-refractivity contribution in [3.63, 3.8) is 0 Å². The van der Waals surface area contributed by atoms with Crippen molar-refractivity contribution in [3.8, 4) is 0 Å². The Morgan fingerprint density at radius 3 is 2.88 bits per heavy atom. The van der Waals surface area contributed by atoms with Gasteiger partial charge in [-0.3, -0.25) is 0 Å². The maximum atomic E-state index is 4.28. The zero-order chi connectivity index (χ0) is 10.8. The highest BCUT2D eigenvalue weighted by molar-refractivity contribution is 5.66. The molecule has 0 radical (unpaired) electrons. The van der Waals surface area contributed by atoms with Crippen LogP contribution >= 0.6 is 0 Å². The Morgan fingerprint density at radius 2 is 2.00 bits per heavy atom. The molecule has 0 amide bonds. The van der Waals surface area contributed by atoms with Crippen LogP contribution in [0.5, 0.6) is 0 Å². The van der Waals surface area contributed by atoms with E-state index in [1.807, 2.05) is 30.3 Å². The van der Waals surface area contributed by atoms with Crippen molar-refractivity contribution in [2.45, 2.75) is 6.42 Å². The summed E-state index contributed by atoms with van der Waals surface area (Å²) >= 11 is 0. The van der Waals surface area contributed by atoms with Crippen molar-refractivity contribution >= 4 is 17.3 Å². The van der Waals surface area contributed by atoms with E-state index >= 15 is 0 Å². The zero-order valence-corrected chi connectivity index (χ0v) is 8.77. The lowest BCUT2D eigenvalue weighted by atomic mass is 10.2. The standard InChI is InChI=1S/C12H12N4/c1-2-4-9(5-3-1)16-12-10-6-7-13-11(10)14-8-15-12/h1-5,8H,6-7H2,(H2,13,14,15,16). The van der Waals surface area contributed by atoms with E-state index in [2.05, 4.69) is 20.6 Å². The van der Waals surface area contributed by atoms with Gasteiger partial charge in [-0.2, -0.15) is 0 Å². The van der Waals surface area contributed by atoms with Gasteiger partial charge in [0.1, 0.15) is 18.0 Å². The molecule has 0 aliphatic carbocycles. The first-order valence-electron chi connectivity index (χ1n) is 5.33. The molecule has 0 atom stereocenters. The monoisotopic (exact) mass is 212 g/mol. The number of para-hydroxylation sites is 1. The summed E-state index contributed by atoms with van der Waals surface area (Å²) in [5.41, 5.74) is 2.22. The minimum Gasteiger partial charge on any atom is -0.369 e. The summed E-state index contributed by atoms with van der Waals surface area (Å²) in [6.45, 7) is 0.942. The molecule has 4 nitrogen and oxygen atoms in total. The molecule has 2 heterocycles. The Morgan fingerprint density at radius 1 is 1.12 bits per heavy atom. The minimum absolute atomic E-state index is 0.904. The van der Waals surface area contributed by atoms with Crippen LogP contribution in [0.4, 0.5) is 17.3 Å². The van der Waals surface area contributed by atoms with Gasteiger partial charge >= 0.3 is 0 Å². The molecule has 0 saturated heterocycles. The molecule has 2 N–H and O–H groups in total. The third kappa shape index (κ3) is 1.58. The predicted octanol–water partition coefficient (Wildman–Crippen LogP) is 2.19. The van der Waals surface area contributed by atoms with Gasteiger partial charge in [-0.1, -0.05) is 18.2 Å². The number of hydrogen-bond donors (Lipinski definition) is 2. The first-order valence-corrected chi connectivity index (χ1v) is 5.33. The van der Waals surface area contributed by atoms with Gasteiger partial charge in [0.05, 0.1) is 0 Å². The number of nitrogens with one attached hydrogen (secondary N) is 2. The molecule has 0 bridgehead atoms. The van der Waals surface area contributed by atoms with Crippen molar-refractivity contribution < 1.29 is 0 Å². The maximum absolute atomic E-state index is 4.28. The topological polar surface area (TPSA) is 49.8 Å². The van der Waals surface area contributed by atoms with E-state index in [4.69, 9.17) is 0 Å². The average molecular weight is 212 g/mol. The number of anilines is 3. The van der Waals surface area contributed by atoms with Gasteiger partial charge in [0.15, 0.2) is 0 Å². The molecule has 1 aromatic carbocycles. The quantitative estimate of drug-likeness (QED) is 0.801. The van der Waals surface area contributed by atoms with Crippen LogP contribution in [0.1, 0.15) is 5.56 Å². The van der Waals surface area contributed by atoms with Crippen LogP contribution in [0.25, 0.3) is 0 Å². The van der Waals surface area contributed by atoms with Gasteiger partial charge in [0, 0.05) is 17.8 Å². The highest BCUT2D eigenvalue weighted by Gasteiger charge is 2.16. The normalized spacial score (nSPS) is 13.0. The lowest BCUT2D eigenvalue weighted by molar-refractivity contribution is 1.09. The van der Waals surface area contributed by atoms with Crippen molar-refractivity contribution in [3.05, 3.63) is 42.2 Å². The largest absolute Gasteiger partial charge is 0.369 e. The molecule has 0 saturated carbocycles. The molecule has 16 heavy (non-hydrogen) atoms. The highest BCUT2D eigenvalue weighted by atomic mass is 15.1. The molecule has 3 rings (SSSR count). The molecule has 0 fully saturated rings. The Balaban J connectivity index is 1.94. The smallest absolute Gasteiger partial charge is 0.139 e. The molecular formula is C12H12N4. The van der Waals surface area contributed by atoms with Gasteiger partial charge in [0.25, 0.3) is 0 Å². The second kappa shape index (κ2) is 3.81. The van der Waals surface area contributed by atoms with E-state index < -0.39 is 0 Å². The van der Waals surface area contributed by atoms with Crippen molar-refractivity contribution in [1.82, 2.24) is 9.97 Å². The molecule has 1 aliphatic heterocycles. The molecular weight excluding hydrogens is 200 g/mol. The molecule has 0 unspecified atom stereocenters. The van der Waals surface area contributed by atoms with E-state index in [0.717, 1.165) is 30.3 Å². The van der Waals surface area contributed by atoms with Crippen molar-refractivity contribution in [2.24, 2.45) is 0 Å². The van der Waals surface area contributed by atoms with Crippen LogP contribution in [0.15, 0.2) is 36.7 Å². The predicted molar refractivity (Wildman–Crippen MR) is 64.0 cm³/mol. The fraction of sp³-hybridized carbons (Fsp3) is 0.167. The Bertz CT molecular complexity index is 496. The lowest BCUT2D eigenvalue weighted by Crippen LogP contribution is -1.98. The molecule has 80 valence electrons. The molecule has 2 aromatic rings. The molecule has 4 heteroatoms. The number of aromatic nitrogens is 2. The van der Waals surface area contributed by atoms with E-state index in [1.165, 1.54) is 5.56 Å². The van der Waals surface area contributed by atoms with Gasteiger partial charge in [-0.25, -0.2) is 9.97 Å². The third-order valence-corrected chi connectivity index (χ3v) is 2.65. The van der Waals surface area contributed by atoms with Gasteiger partial charge < -0.3 is 10.6 Å². The third-order valence-electron chi connectivity index (χ3n) is 2.65. The molecule has 1 aromatic heterocycles. The van der Waals surface area contributed by atoms with Crippen LogP contribution in [0, 0.1) is 0 Å². The SMILES string of the molecule is c1ccc(Nc2ncnc3c2CCN3)cc1. The number of benzene rings is 1. The van der Waals surface area contributed by atoms with E-state index in [-0.39, 0.29) is 0 Å². The van der Waals surface area contributed by atoms with Crippen molar-refractivity contribution in [1.29, 1.82) is 0 Å². The van der Waals surface area contributed by atoms with Crippen LogP contribution in [-0.2, 0) is 6.42 Å². The summed E-state index contributed by atoms with van der Waals surface area (Å²) in [4.78, 5) is 8.48. The fourth-order valence-corrected chi connectivity index (χ4v) is 1.87. The second-order valence-corrected chi connectivity index (χ2v) is 3.72.